The average molecular weight is 236 g/mol. The Kier molecular flexibility index (Phi) is 2.83. The number of fused-ring (bicyclic) bond motifs is 2. The van der Waals surface area contributed by atoms with Gasteiger partial charge < -0.3 is 9.47 Å². The third-order valence-corrected chi connectivity index (χ3v) is 4.93. The molecule has 2 fully saturated rings. The molecule has 1 aliphatic heterocycles. The lowest BCUT2D eigenvalue weighted by atomic mass is 9.59. The maximum absolute atomic E-state index is 6.10. The first-order valence-electron chi connectivity index (χ1n) is 7.07. The van der Waals surface area contributed by atoms with E-state index in [0.29, 0.717) is 18.1 Å². The van der Waals surface area contributed by atoms with Crippen molar-refractivity contribution < 1.29 is 9.47 Å². The Morgan fingerprint density at radius 2 is 1.76 bits per heavy atom. The summed E-state index contributed by atoms with van der Waals surface area (Å²) in [6.07, 6.45) is 10.4. The smallest absolute Gasteiger partial charge is 0.164 e. The molecule has 0 radical (unpaired) electrons. The van der Waals surface area contributed by atoms with Crippen LogP contribution >= 0.6 is 0 Å². The summed E-state index contributed by atoms with van der Waals surface area (Å²) in [6, 6.07) is 0. The molecule has 1 saturated heterocycles. The Morgan fingerprint density at radius 1 is 1.06 bits per heavy atom. The largest absolute Gasteiger partial charge is 0.349 e. The zero-order valence-electron chi connectivity index (χ0n) is 11.2. The monoisotopic (exact) mass is 236 g/mol. The second-order valence-electron chi connectivity index (χ2n) is 6.50. The van der Waals surface area contributed by atoms with E-state index < -0.39 is 0 Å². The van der Waals surface area contributed by atoms with E-state index in [0.717, 1.165) is 12.3 Å². The highest BCUT2D eigenvalue weighted by Gasteiger charge is 2.49. The predicted octanol–water partition coefficient (Wildman–Crippen LogP) is 3.52. The number of rotatable bonds is 1. The summed E-state index contributed by atoms with van der Waals surface area (Å²) in [5, 5.41) is 0. The third kappa shape index (κ3) is 1.96. The van der Waals surface area contributed by atoms with Crippen LogP contribution in [-0.2, 0) is 9.47 Å². The number of hydrogen-bond acceptors (Lipinski definition) is 2. The van der Waals surface area contributed by atoms with Crippen molar-refractivity contribution in [2.75, 3.05) is 0 Å². The van der Waals surface area contributed by atoms with Crippen LogP contribution in [0.25, 0.3) is 0 Å². The lowest BCUT2D eigenvalue weighted by Crippen LogP contribution is -2.52. The van der Waals surface area contributed by atoms with Crippen molar-refractivity contribution in [1.29, 1.82) is 0 Å². The van der Waals surface area contributed by atoms with Gasteiger partial charge in [-0.3, -0.25) is 0 Å². The van der Waals surface area contributed by atoms with Gasteiger partial charge in [-0.15, -0.1) is 0 Å². The predicted molar refractivity (Wildman–Crippen MR) is 67.6 cm³/mol. The first kappa shape index (κ1) is 11.7. The van der Waals surface area contributed by atoms with Crippen LogP contribution in [0.1, 0.15) is 46.5 Å². The lowest BCUT2D eigenvalue weighted by Gasteiger charge is -2.52. The zero-order chi connectivity index (χ0) is 12.0. The van der Waals surface area contributed by atoms with Crippen LogP contribution in [0, 0.1) is 17.3 Å². The highest BCUT2D eigenvalue weighted by molar-refractivity contribution is 5.11. The molecule has 2 heteroatoms. The first-order valence-corrected chi connectivity index (χ1v) is 7.07. The van der Waals surface area contributed by atoms with E-state index in [1.54, 1.807) is 0 Å². The van der Waals surface area contributed by atoms with Gasteiger partial charge in [0.15, 0.2) is 6.29 Å². The quantitative estimate of drug-likeness (QED) is 0.649. The average Bonchev–Trinajstić information content (AvgIpc) is 2.29. The molecule has 0 amide bonds. The van der Waals surface area contributed by atoms with Crippen molar-refractivity contribution in [3.05, 3.63) is 12.2 Å². The van der Waals surface area contributed by atoms with Crippen molar-refractivity contribution in [3.8, 4) is 0 Å². The van der Waals surface area contributed by atoms with Gasteiger partial charge in [-0.25, -0.2) is 0 Å². The molecule has 1 heterocycles. The Balaban J connectivity index is 1.81. The van der Waals surface area contributed by atoms with Gasteiger partial charge in [0.25, 0.3) is 0 Å². The van der Waals surface area contributed by atoms with Crippen molar-refractivity contribution >= 4 is 0 Å². The topological polar surface area (TPSA) is 18.5 Å². The minimum absolute atomic E-state index is 0.000926. The summed E-state index contributed by atoms with van der Waals surface area (Å²) in [5.41, 5.74) is 0.195. The molecule has 0 spiro atoms. The number of ether oxygens (including phenoxy) is 2. The number of hydrogen-bond donors (Lipinski definition) is 0. The second kappa shape index (κ2) is 4.10. The Labute approximate surface area is 104 Å². The minimum Gasteiger partial charge on any atom is -0.349 e. The molecule has 3 aliphatic carbocycles. The van der Waals surface area contributed by atoms with E-state index in [9.17, 15) is 0 Å². The van der Waals surface area contributed by atoms with Crippen molar-refractivity contribution in [2.45, 2.75) is 65.0 Å². The second-order valence-corrected chi connectivity index (χ2v) is 6.50. The minimum atomic E-state index is -0.000926. The molecule has 2 bridgehead atoms. The van der Waals surface area contributed by atoms with Crippen molar-refractivity contribution in [3.63, 3.8) is 0 Å². The summed E-state index contributed by atoms with van der Waals surface area (Å²) in [7, 11) is 0. The molecule has 4 aliphatic rings. The Morgan fingerprint density at radius 3 is 2.24 bits per heavy atom. The van der Waals surface area contributed by atoms with Crippen LogP contribution in [0.15, 0.2) is 12.2 Å². The molecule has 0 aromatic heterocycles. The molecule has 4 rings (SSSR count). The van der Waals surface area contributed by atoms with Gasteiger partial charge in [-0.1, -0.05) is 19.1 Å². The van der Waals surface area contributed by atoms with Gasteiger partial charge in [-0.05, 0) is 51.4 Å². The van der Waals surface area contributed by atoms with E-state index in [2.05, 4.69) is 32.9 Å². The van der Waals surface area contributed by atoms with Gasteiger partial charge >= 0.3 is 0 Å². The summed E-state index contributed by atoms with van der Waals surface area (Å²) < 4.78 is 12.2. The maximum atomic E-state index is 6.10. The van der Waals surface area contributed by atoms with E-state index in [-0.39, 0.29) is 11.7 Å². The molecule has 0 unspecified atom stereocenters. The van der Waals surface area contributed by atoms with Gasteiger partial charge in [-0.2, -0.15) is 0 Å². The van der Waals surface area contributed by atoms with E-state index in [1.807, 2.05) is 0 Å². The third-order valence-electron chi connectivity index (χ3n) is 4.93. The molecule has 5 atom stereocenters. The van der Waals surface area contributed by atoms with Crippen LogP contribution in [0.5, 0.6) is 0 Å². The fourth-order valence-electron chi connectivity index (χ4n) is 3.93. The summed E-state index contributed by atoms with van der Waals surface area (Å²) in [5.74, 6) is 1.40. The van der Waals surface area contributed by atoms with Gasteiger partial charge in [0, 0.05) is 5.41 Å². The van der Waals surface area contributed by atoms with E-state index in [4.69, 9.17) is 9.47 Å². The van der Waals surface area contributed by atoms with Crippen LogP contribution in [0.2, 0.25) is 0 Å². The van der Waals surface area contributed by atoms with Gasteiger partial charge in [0.2, 0.25) is 0 Å². The van der Waals surface area contributed by atoms with Gasteiger partial charge in [0.1, 0.15) is 0 Å². The van der Waals surface area contributed by atoms with Crippen molar-refractivity contribution in [1.82, 2.24) is 0 Å². The number of allylic oxidation sites excluding steroid dienone is 2. The highest BCUT2D eigenvalue weighted by atomic mass is 16.7. The zero-order valence-corrected chi connectivity index (χ0v) is 11.2. The normalized spacial score (nSPS) is 53.9. The molecular formula is C15H24O2. The Hall–Kier alpha value is -0.340. The molecule has 0 aromatic carbocycles. The van der Waals surface area contributed by atoms with Gasteiger partial charge in [0.05, 0.1) is 12.2 Å². The molecule has 0 aromatic rings. The molecular weight excluding hydrogens is 212 g/mol. The lowest BCUT2D eigenvalue weighted by molar-refractivity contribution is -0.292. The van der Waals surface area contributed by atoms with Crippen LogP contribution < -0.4 is 0 Å². The van der Waals surface area contributed by atoms with E-state index >= 15 is 0 Å². The fraction of sp³-hybridized carbons (Fsp3) is 0.867. The maximum Gasteiger partial charge on any atom is 0.164 e. The summed E-state index contributed by atoms with van der Waals surface area (Å²) in [6.45, 7) is 6.71. The molecule has 17 heavy (non-hydrogen) atoms. The SMILES string of the molecule is C[C@@H]1C[C@@H](C)OC([C@@]2(C)C[C@@H]3C=C[C@H]2CC3)O1. The fourth-order valence-corrected chi connectivity index (χ4v) is 3.93. The standard InChI is InChI=1S/C15H24O2/c1-10-8-11(2)17-14(16-10)15(3)9-12-4-6-13(15)7-5-12/h4,6,10-14H,5,7-9H2,1-3H3/t10-,11-,12-,13+,15+/m1/s1. The summed E-state index contributed by atoms with van der Waals surface area (Å²) in [4.78, 5) is 0. The molecule has 1 saturated carbocycles. The molecule has 96 valence electrons. The van der Waals surface area contributed by atoms with Crippen LogP contribution in [0.3, 0.4) is 0 Å². The van der Waals surface area contributed by atoms with Crippen molar-refractivity contribution in [2.24, 2.45) is 17.3 Å². The first-order chi connectivity index (χ1) is 8.08. The Bertz CT molecular complexity index is 315. The van der Waals surface area contributed by atoms with E-state index in [1.165, 1.54) is 19.3 Å². The molecule has 0 N–H and O–H groups in total. The van der Waals surface area contributed by atoms with Crippen LogP contribution in [-0.4, -0.2) is 18.5 Å². The highest BCUT2D eigenvalue weighted by Crippen LogP contribution is 2.52. The summed E-state index contributed by atoms with van der Waals surface area (Å²) >= 11 is 0. The van der Waals surface area contributed by atoms with Crippen LogP contribution in [0.4, 0.5) is 0 Å². The molecule has 2 nitrogen and oxygen atoms in total.